The number of ether oxygens (including phenoxy) is 1. The fourth-order valence-electron chi connectivity index (χ4n) is 1.53. The van der Waals surface area contributed by atoms with E-state index in [1.807, 2.05) is 31.6 Å². The van der Waals surface area contributed by atoms with Crippen molar-refractivity contribution in [3.05, 3.63) is 11.8 Å². The average Bonchev–Trinajstić information content (AvgIpc) is 2.74. The standard InChI is InChI=1S/C9H14N2O.C3H8.C2H6/c1-3-8-5-11-9(12-6-8)7(2)4-10-11;1-3-2;1-2/h4,8H,3,5-6H2,1-2H3;3H2,1-2H3;1-2H3. The van der Waals surface area contributed by atoms with Crippen LogP contribution in [-0.4, -0.2) is 16.4 Å². The van der Waals surface area contributed by atoms with Crippen molar-refractivity contribution in [1.29, 1.82) is 0 Å². The molecule has 100 valence electrons. The first-order chi connectivity index (χ1) is 8.22. The van der Waals surface area contributed by atoms with E-state index < -0.39 is 0 Å². The first kappa shape index (κ1) is 16.0. The first-order valence-electron chi connectivity index (χ1n) is 6.88. The lowest BCUT2D eigenvalue weighted by molar-refractivity contribution is 0.160. The third-order valence-corrected chi connectivity index (χ3v) is 2.43. The quantitative estimate of drug-likeness (QED) is 0.740. The molecule has 0 bridgehead atoms. The summed E-state index contributed by atoms with van der Waals surface area (Å²) in [6.07, 6.45) is 4.28. The normalized spacial score (nSPS) is 16.7. The van der Waals surface area contributed by atoms with Gasteiger partial charge in [0.2, 0.25) is 5.88 Å². The van der Waals surface area contributed by atoms with Crippen molar-refractivity contribution in [3.63, 3.8) is 0 Å². The molecule has 17 heavy (non-hydrogen) atoms. The van der Waals surface area contributed by atoms with Crippen LogP contribution >= 0.6 is 0 Å². The number of aromatic nitrogens is 2. The molecule has 1 atom stereocenters. The molecule has 0 aliphatic carbocycles. The molecule has 1 aromatic heterocycles. The van der Waals surface area contributed by atoms with Crippen molar-refractivity contribution in [3.8, 4) is 5.88 Å². The summed E-state index contributed by atoms with van der Waals surface area (Å²) < 4.78 is 7.56. The predicted molar refractivity (Wildman–Crippen MR) is 73.6 cm³/mol. The van der Waals surface area contributed by atoms with Crippen LogP contribution in [0.4, 0.5) is 0 Å². The highest BCUT2D eigenvalue weighted by molar-refractivity contribution is 5.23. The van der Waals surface area contributed by atoms with Gasteiger partial charge in [0.15, 0.2) is 0 Å². The van der Waals surface area contributed by atoms with Crippen LogP contribution < -0.4 is 4.74 Å². The largest absolute Gasteiger partial charge is 0.477 e. The molecule has 0 radical (unpaired) electrons. The minimum Gasteiger partial charge on any atom is -0.477 e. The van der Waals surface area contributed by atoms with Gasteiger partial charge >= 0.3 is 0 Å². The Bertz CT molecular complexity index is 294. The van der Waals surface area contributed by atoms with E-state index in [9.17, 15) is 0 Å². The fourth-order valence-corrected chi connectivity index (χ4v) is 1.53. The Morgan fingerprint density at radius 1 is 1.35 bits per heavy atom. The summed E-state index contributed by atoms with van der Waals surface area (Å²) in [6.45, 7) is 14.3. The number of fused-ring (bicyclic) bond motifs is 1. The number of hydrogen-bond donors (Lipinski definition) is 0. The van der Waals surface area contributed by atoms with Gasteiger partial charge in [0.25, 0.3) is 0 Å². The van der Waals surface area contributed by atoms with Crippen LogP contribution in [0.1, 0.15) is 53.0 Å². The lowest BCUT2D eigenvalue weighted by Gasteiger charge is -2.23. The van der Waals surface area contributed by atoms with E-state index in [1.54, 1.807) is 0 Å². The summed E-state index contributed by atoms with van der Waals surface area (Å²) in [4.78, 5) is 0. The van der Waals surface area contributed by atoms with Gasteiger partial charge in [-0.15, -0.1) is 0 Å². The zero-order valence-electron chi connectivity index (χ0n) is 12.3. The number of rotatable bonds is 1. The number of hydrogen-bond acceptors (Lipinski definition) is 2. The summed E-state index contributed by atoms with van der Waals surface area (Å²) in [5, 5.41) is 4.25. The van der Waals surface area contributed by atoms with Crippen molar-refractivity contribution < 1.29 is 4.74 Å². The van der Waals surface area contributed by atoms with E-state index in [4.69, 9.17) is 4.74 Å². The molecule has 2 rings (SSSR count). The Balaban J connectivity index is 0.000000450. The van der Waals surface area contributed by atoms with Gasteiger partial charge in [-0.1, -0.05) is 41.0 Å². The molecule has 0 fully saturated rings. The summed E-state index contributed by atoms with van der Waals surface area (Å²) in [5.74, 6) is 1.59. The Kier molecular flexibility index (Phi) is 8.55. The lowest BCUT2D eigenvalue weighted by Crippen LogP contribution is -2.25. The zero-order chi connectivity index (χ0) is 13.3. The van der Waals surface area contributed by atoms with E-state index in [0.29, 0.717) is 5.92 Å². The summed E-state index contributed by atoms with van der Waals surface area (Å²) in [6, 6.07) is 0. The third kappa shape index (κ3) is 4.80. The molecule has 0 saturated carbocycles. The minimum absolute atomic E-state index is 0.636. The van der Waals surface area contributed by atoms with E-state index in [0.717, 1.165) is 24.6 Å². The molecule has 3 heteroatoms. The van der Waals surface area contributed by atoms with Gasteiger partial charge in [-0.2, -0.15) is 5.10 Å². The van der Waals surface area contributed by atoms with Crippen molar-refractivity contribution >= 4 is 0 Å². The van der Waals surface area contributed by atoms with Crippen LogP contribution in [-0.2, 0) is 6.54 Å². The zero-order valence-corrected chi connectivity index (χ0v) is 12.3. The molecule has 1 aliphatic rings. The molecule has 1 aliphatic heterocycles. The predicted octanol–water partition coefficient (Wildman–Crippen LogP) is 4.05. The second-order valence-corrected chi connectivity index (χ2v) is 4.11. The van der Waals surface area contributed by atoms with E-state index in [1.165, 1.54) is 12.8 Å². The Labute approximate surface area is 106 Å². The van der Waals surface area contributed by atoms with Crippen LogP contribution in [0, 0.1) is 12.8 Å². The van der Waals surface area contributed by atoms with E-state index in [2.05, 4.69) is 25.9 Å². The highest BCUT2D eigenvalue weighted by Crippen LogP contribution is 2.24. The maximum Gasteiger partial charge on any atom is 0.214 e. The molecule has 2 heterocycles. The number of nitrogens with zero attached hydrogens (tertiary/aromatic N) is 2. The second kappa shape index (κ2) is 9.08. The van der Waals surface area contributed by atoms with Crippen molar-refractivity contribution in [1.82, 2.24) is 9.78 Å². The van der Waals surface area contributed by atoms with Gasteiger partial charge in [-0.3, -0.25) is 0 Å². The topological polar surface area (TPSA) is 27.1 Å². The van der Waals surface area contributed by atoms with Gasteiger partial charge in [0, 0.05) is 11.5 Å². The molecule has 3 nitrogen and oxygen atoms in total. The van der Waals surface area contributed by atoms with Gasteiger partial charge in [0.05, 0.1) is 19.3 Å². The molecule has 1 aromatic rings. The summed E-state index contributed by atoms with van der Waals surface area (Å²) in [7, 11) is 0. The maximum absolute atomic E-state index is 5.60. The third-order valence-electron chi connectivity index (χ3n) is 2.43. The Morgan fingerprint density at radius 3 is 2.47 bits per heavy atom. The van der Waals surface area contributed by atoms with Gasteiger partial charge in [-0.05, 0) is 13.3 Å². The Hall–Kier alpha value is -0.990. The number of aryl methyl sites for hydroxylation is 1. The fraction of sp³-hybridized carbons (Fsp3) is 0.786. The van der Waals surface area contributed by atoms with Crippen molar-refractivity contribution in [2.75, 3.05) is 6.61 Å². The monoisotopic (exact) mass is 240 g/mol. The van der Waals surface area contributed by atoms with Gasteiger partial charge < -0.3 is 4.74 Å². The van der Waals surface area contributed by atoms with E-state index in [-0.39, 0.29) is 0 Å². The van der Waals surface area contributed by atoms with E-state index >= 15 is 0 Å². The summed E-state index contributed by atoms with van der Waals surface area (Å²) in [5.41, 5.74) is 1.14. The first-order valence-corrected chi connectivity index (χ1v) is 6.88. The highest BCUT2D eigenvalue weighted by atomic mass is 16.5. The van der Waals surface area contributed by atoms with Crippen molar-refractivity contribution in [2.45, 2.75) is 60.9 Å². The molecule has 0 amide bonds. The highest BCUT2D eigenvalue weighted by Gasteiger charge is 2.19. The summed E-state index contributed by atoms with van der Waals surface area (Å²) >= 11 is 0. The molecule has 0 aromatic carbocycles. The maximum atomic E-state index is 5.60. The molecular formula is C14H28N2O. The lowest BCUT2D eigenvalue weighted by atomic mass is 10.1. The second-order valence-electron chi connectivity index (χ2n) is 4.11. The van der Waals surface area contributed by atoms with Crippen LogP contribution in [0.5, 0.6) is 5.88 Å². The molecule has 0 spiro atoms. The van der Waals surface area contributed by atoms with Crippen molar-refractivity contribution in [2.24, 2.45) is 5.92 Å². The van der Waals surface area contributed by atoms with Crippen LogP contribution in [0.3, 0.4) is 0 Å². The van der Waals surface area contributed by atoms with Gasteiger partial charge in [0.1, 0.15) is 0 Å². The smallest absolute Gasteiger partial charge is 0.214 e. The van der Waals surface area contributed by atoms with Crippen LogP contribution in [0.15, 0.2) is 6.20 Å². The average molecular weight is 240 g/mol. The molecule has 1 unspecified atom stereocenters. The SMILES string of the molecule is CC.CCC.CCC1COc2c(C)cnn2C1. The minimum atomic E-state index is 0.636. The van der Waals surface area contributed by atoms with Crippen LogP contribution in [0.25, 0.3) is 0 Å². The van der Waals surface area contributed by atoms with Crippen LogP contribution in [0.2, 0.25) is 0 Å². The Morgan fingerprint density at radius 2 is 1.94 bits per heavy atom. The molecule has 0 N–H and O–H groups in total. The molecule has 0 saturated heterocycles. The van der Waals surface area contributed by atoms with Gasteiger partial charge in [-0.25, -0.2) is 4.68 Å². The molecular weight excluding hydrogens is 212 g/mol.